The maximum atomic E-state index is 13.0. The van der Waals surface area contributed by atoms with E-state index in [0.717, 1.165) is 10.5 Å². The van der Waals surface area contributed by atoms with Crippen LogP contribution < -0.4 is 0 Å². The fraction of sp³-hybridized carbons (Fsp3) is 0.188. The van der Waals surface area contributed by atoms with E-state index in [4.69, 9.17) is 4.74 Å². The highest BCUT2D eigenvalue weighted by Crippen LogP contribution is 2.27. The van der Waals surface area contributed by atoms with Gasteiger partial charge < -0.3 is 4.74 Å². The molecular formula is C16H15FO2S. The Morgan fingerprint density at radius 2 is 1.80 bits per heavy atom. The van der Waals surface area contributed by atoms with Crippen LogP contribution in [0.2, 0.25) is 0 Å². The van der Waals surface area contributed by atoms with Crippen molar-refractivity contribution in [1.29, 1.82) is 0 Å². The molecule has 1 atom stereocenters. The molecule has 4 heteroatoms. The molecule has 0 saturated carbocycles. The van der Waals surface area contributed by atoms with E-state index in [1.807, 2.05) is 30.3 Å². The zero-order valence-corrected chi connectivity index (χ0v) is 11.9. The number of ether oxygens (including phenoxy) is 1. The van der Waals surface area contributed by atoms with Crippen LogP contribution in [0.1, 0.15) is 18.6 Å². The Morgan fingerprint density at radius 1 is 1.15 bits per heavy atom. The molecule has 0 amide bonds. The van der Waals surface area contributed by atoms with E-state index in [1.165, 1.54) is 19.1 Å². The van der Waals surface area contributed by atoms with Gasteiger partial charge in [0.2, 0.25) is 0 Å². The first-order valence-corrected chi connectivity index (χ1v) is 7.24. The number of hydrogen-bond donors (Lipinski definition) is 0. The molecule has 0 aliphatic rings. The summed E-state index contributed by atoms with van der Waals surface area (Å²) < 4.78 is 18.3. The van der Waals surface area contributed by atoms with E-state index >= 15 is 0 Å². The molecule has 0 spiro atoms. The normalized spacial score (nSPS) is 11.9. The SMILES string of the molecule is CC(=O)OC(CSc1ccccc1)c1ccc(F)cc1. The summed E-state index contributed by atoms with van der Waals surface area (Å²) in [7, 11) is 0. The summed E-state index contributed by atoms with van der Waals surface area (Å²) in [6.07, 6.45) is -0.377. The molecule has 2 rings (SSSR count). The first-order valence-electron chi connectivity index (χ1n) is 6.25. The van der Waals surface area contributed by atoms with Crippen molar-refractivity contribution in [3.63, 3.8) is 0 Å². The Labute approximate surface area is 122 Å². The smallest absolute Gasteiger partial charge is 0.303 e. The minimum Gasteiger partial charge on any atom is -0.457 e. The minimum atomic E-state index is -0.377. The van der Waals surface area contributed by atoms with Crippen LogP contribution in [0.25, 0.3) is 0 Å². The summed E-state index contributed by atoms with van der Waals surface area (Å²) in [6.45, 7) is 1.38. The Bertz CT molecular complexity index is 554. The maximum Gasteiger partial charge on any atom is 0.303 e. The van der Waals surface area contributed by atoms with Crippen LogP contribution >= 0.6 is 11.8 Å². The largest absolute Gasteiger partial charge is 0.457 e. The van der Waals surface area contributed by atoms with Crippen molar-refractivity contribution in [2.45, 2.75) is 17.9 Å². The molecule has 0 heterocycles. The third-order valence-corrected chi connectivity index (χ3v) is 3.77. The van der Waals surface area contributed by atoms with Crippen molar-refractivity contribution < 1.29 is 13.9 Å². The molecule has 0 N–H and O–H groups in total. The molecule has 0 aliphatic carbocycles. The van der Waals surface area contributed by atoms with Crippen LogP contribution in [0, 0.1) is 5.82 Å². The molecule has 2 nitrogen and oxygen atoms in total. The maximum absolute atomic E-state index is 13.0. The zero-order valence-electron chi connectivity index (χ0n) is 11.1. The lowest BCUT2D eigenvalue weighted by Gasteiger charge is -2.17. The summed E-state index contributed by atoms with van der Waals surface area (Å²) in [5.41, 5.74) is 0.796. The van der Waals surface area contributed by atoms with E-state index in [0.29, 0.717) is 5.75 Å². The summed E-state index contributed by atoms with van der Waals surface area (Å²) in [6, 6.07) is 15.9. The summed E-state index contributed by atoms with van der Waals surface area (Å²) in [4.78, 5) is 12.3. The van der Waals surface area contributed by atoms with Crippen LogP contribution in [-0.4, -0.2) is 11.7 Å². The van der Waals surface area contributed by atoms with Crippen LogP contribution in [0.5, 0.6) is 0 Å². The fourth-order valence-corrected chi connectivity index (χ4v) is 2.72. The Balaban J connectivity index is 2.07. The Hall–Kier alpha value is -1.81. The minimum absolute atomic E-state index is 0.300. The number of hydrogen-bond acceptors (Lipinski definition) is 3. The molecule has 20 heavy (non-hydrogen) atoms. The lowest BCUT2D eigenvalue weighted by molar-refractivity contribution is -0.145. The second-order valence-corrected chi connectivity index (χ2v) is 5.37. The first-order chi connectivity index (χ1) is 9.65. The lowest BCUT2D eigenvalue weighted by atomic mass is 10.1. The molecule has 0 radical (unpaired) electrons. The number of esters is 1. The van der Waals surface area contributed by atoms with Gasteiger partial charge in [-0.2, -0.15) is 0 Å². The zero-order chi connectivity index (χ0) is 14.4. The van der Waals surface area contributed by atoms with E-state index < -0.39 is 0 Å². The number of benzene rings is 2. The molecule has 2 aromatic rings. The van der Waals surface area contributed by atoms with Gasteiger partial charge in [0.1, 0.15) is 11.9 Å². The van der Waals surface area contributed by atoms with E-state index in [2.05, 4.69) is 0 Å². The molecule has 1 unspecified atom stereocenters. The second-order valence-electron chi connectivity index (χ2n) is 4.27. The Morgan fingerprint density at radius 3 is 2.40 bits per heavy atom. The Kier molecular flexibility index (Phi) is 5.18. The fourth-order valence-electron chi connectivity index (χ4n) is 1.76. The van der Waals surface area contributed by atoms with Gasteiger partial charge in [-0.25, -0.2) is 4.39 Å². The quantitative estimate of drug-likeness (QED) is 0.609. The molecule has 0 aliphatic heterocycles. The highest BCUT2D eigenvalue weighted by molar-refractivity contribution is 7.99. The van der Waals surface area contributed by atoms with E-state index in [-0.39, 0.29) is 17.9 Å². The van der Waals surface area contributed by atoms with Crippen molar-refractivity contribution >= 4 is 17.7 Å². The molecule has 0 aromatic heterocycles. The van der Waals surface area contributed by atoms with Crippen molar-refractivity contribution in [3.05, 3.63) is 66.0 Å². The van der Waals surface area contributed by atoms with Gasteiger partial charge in [-0.15, -0.1) is 11.8 Å². The third-order valence-electron chi connectivity index (χ3n) is 2.69. The van der Waals surface area contributed by atoms with Gasteiger partial charge >= 0.3 is 5.97 Å². The van der Waals surface area contributed by atoms with Gasteiger partial charge in [0.15, 0.2) is 0 Å². The molecule has 0 saturated heterocycles. The van der Waals surface area contributed by atoms with Gasteiger partial charge in [-0.05, 0) is 29.8 Å². The van der Waals surface area contributed by atoms with Crippen molar-refractivity contribution in [1.82, 2.24) is 0 Å². The molecule has 0 fully saturated rings. The van der Waals surface area contributed by atoms with E-state index in [9.17, 15) is 9.18 Å². The number of carbonyl (C=O) groups is 1. The van der Waals surface area contributed by atoms with Crippen LogP contribution in [0.4, 0.5) is 4.39 Å². The molecular weight excluding hydrogens is 275 g/mol. The number of carbonyl (C=O) groups excluding carboxylic acids is 1. The topological polar surface area (TPSA) is 26.3 Å². The van der Waals surface area contributed by atoms with Gasteiger partial charge in [-0.3, -0.25) is 4.79 Å². The summed E-state index contributed by atoms with van der Waals surface area (Å²) in [5.74, 6) is -0.0473. The number of halogens is 1. The molecule has 2 aromatic carbocycles. The standard InChI is InChI=1S/C16H15FO2S/c1-12(18)19-16(13-7-9-14(17)10-8-13)11-20-15-5-3-2-4-6-15/h2-10,16H,11H2,1H3. The predicted molar refractivity (Wildman–Crippen MR) is 78.1 cm³/mol. The van der Waals surface area contributed by atoms with Gasteiger partial charge in [0, 0.05) is 17.6 Å². The van der Waals surface area contributed by atoms with Crippen LogP contribution in [0.3, 0.4) is 0 Å². The lowest BCUT2D eigenvalue weighted by Crippen LogP contribution is -2.11. The number of rotatable bonds is 5. The van der Waals surface area contributed by atoms with E-state index in [1.54, 1.807) is 23.9 Å². The van der Waals surface area contributed by atoms with Crippen molar-refractivity contribution in [2.75, 3.05) is 5.75 Å². The monoisotopic (exact) mass is 290 g/mol. The van der Waals surface area contributed by atoms with Crippen LogP contribution in [0.15, 0.2) is 59.5 Å². The number of thioether (sulfide) groups is 1. The highest BCUT2D eigenvalue weighted by atomic mass is 32.2. The molecule has 104 valence electrons. The predicted octanol–water partition coefficient (Wildman–Crippen LogP) is 4.22. The highest BCUT2D eigenvalue weighted by Gasteiger charge is 2.15. The van der Waals surface area contributed by atoms with Crippen LogP contribution in [-0.2, 0) is 9.53 Å². The third kappa shape index (κ3) is 4.38. The average Bonchev–Trinajstić information content (AvgIpc) is 2.45. The first kappa shape index (κ1) is 14.6. The average molecular weight is 290 g/mol. The summed E-state index contributed by atoms with van der Waals surface area (Å²) >= 11 is 1.60. The molecule has 0 bridgehead atoms. The van der Waals surface area contributed by atoms with Gasteiger partial charge in [-0.1, -0.05) is 30.3 Å². The van der Waals surface area contributed by atoms with Crippen molar-refractivity contribution in [3.8, 4) is 0 Å². The van der Waals surface area contributed by atoms with Crippen molar-refractivity contribution in [2.24, 2.45) is 0 Å². The summed E-state index contributed by atoms with van der Waals surface area (Å²) in [5, 5.41) is 0. The second kappa shape index (κ2) is 7.10. The van der Waals surface area contributed by atoms with Gasteiger partial charge in [0.05, 0.1) is 0 Å². The van der Waals surface area contributed by atoms with Gasteiger partial charge in [0.25, 0.3) is 0 Å².